The lowest BCUT2D eigenvalue weighted by atomic mass is 9.94. The number of carbonyl (C=O) groups is 2. The minimum absolute atomic E-state index is 0.122. The maximum atomic E-state index is 13.6. The van der Waals surface area contributed by atoms with Gasteiger partial charge in [-0.3, -0.25) is 9.59 Å². The highest BCUT2D eigenvalue weighted by molar-refractivity contribution is 7.93. The van der Waals surface area contributed by atoms with Crippen LogP contribution in [0, 0.1) is 12.8 Å². The number of benzene rings is 1. The Hall–Kier alpha value is -2.45. The molecule has 1 aromatic carbocycles. The molecule has 1 saturated heterocycles. The maximum absolute atomic E-state index is 13.6. The van der Waals surface area contributed by atoms with Crippen molar-refractivity contribution in [3.05, 3.63) is 53.2 Å². The first-order valence-electron chi connectivity index (χ1n) is 11.3. The van der Waals surface area contributed by atoms with Gasteiger partial charge in [-0.05, 0) is 68.5 Å². The Morgan fingerprint density at radius 1 is 1.06 bits per heavy atom. The summed E-state index contributed by atoms with van der Waals surface area (Å²) in [6, 6.07) is 9.66. The summed E-state index contributed by atoms with van der Waals surface area (Å²) in [7, 11) is -3.88. The van der Waals surface area contributed by atoms with Crippen molar-refractivity contribution in [2.24, 2.45) is 5.92 Å². The summed E-state index contributed by atoms with van der Waals surface area (Å²) in [6.45, 7) is 2.64. The SMILES string of the molecule is Cc1ccc(NC(=O)C2CCN(C(=O)C3(S(=O)(=O)c4ccc(Cl)cc4)CCCC3)CC2)nc1. The van der Waals surface area contributed by atoms with E-state index in [1.54, 1.807) is 17.2 Å². The Labute approximate surface area is 199 Å². The minimum atomic E-state index is -3.88. The monoisotopic (exact) mass is 489 g/mol. The van der Waals surface area contributed by atoms with Crippen molar-refractivity contribution in [3.63, 3.8) is 0 Å². The van der Waals surface area contributed by atoms with Gasteiger partial charge >= 0.3 is 0 Å². The smallest absolute Gasteiger partial charge is 0.244 e. The predicted molar refractivity (Wildman–Crippen MR) is 127 cm³/mol. The molecule has 1 aliphatic carbocycles. The van der Waals surface area contributed by atoms with Crippen LogP contribution in [0.25, 0.3) is 0 Å². The number of sulfone groups is 1. The number of piperidine rings is 1. The Kier molecular flexibility index (Phi) is 6.77. The van der Waals surface area contributed by atoms with Crippen LogP contribution < -0.4 is 5.32 Å². The van der Waals surface area contributed by atoms with Crippen LogP contribution in [0.5, 0.6) is 0 Å². The van der Waals surface area contributed by atoms with Gasteiger partial charge in [0.15, 0.2) is 14.6 Å². The van der Waals surface area contributed by atoms with Crippen LogP contribution in [0.2, 0.25) is 5.02 Å². The number of anilines is 1. The molecule has 0 bridgehead atoms. The summed E-state index contributed by atoms with van der Waals surface area (Å²) in [4.78, 5) is 32.2. The van der Waals surface area contributed by atoms with Gasteiger partial charge in [0.2, 0.25) is 11.8 Å². The molecule has 2 amide bonds. The number of rotatable bonds is 5. The molecule has 7 nitrogen and oxygen atoms in total. The Morgan fingerprint density at radius 3 is 2.27 bits per heavy atom. The van der Waals surface area contributed by atoms with Gasteiger partial charge in [0.1, 0.15) is 5.82 Å². The molecule has 4 rings (SSSR count). The third kappa shape index (κ3) is 4.64. The Balaban J connectivity index is 1.45. The average Bonchev–Trinajstić information content (AvgIpc) is 3.32. The minimum Gasteiger partial charge on any atom is -0.341 e. The topological polar surface area (TPSA) is 96.4 Å². The molecule has 1 aliphatic heterocycles. The number of amides is 2. The van der Waals surface area contributed by atoms with Gasteiger partial charge in [0, 0.05) is 30.2 Å². The van der Waals surface area contributed by atoms with Crippen molar-refractivity contribution in [2.45, 2.75) is 55.1 Å². The lowest BCUT2D eigenvalue weighted by molar-refractivity contribution is -0.136. The molecule has 2 heterocycles. The summed E-state index contributed by atoms with van der Waals surface area (Å²) >= 11 is 5.93. The first-order chi connectivity index (χ1) is 15.7. The summed E-state index contributed by atoms with van der Waals surface area (Å²) in [5, 5.41) is 3.28. The van der Waals surface area contributed by atoms with Gasteiger partial charge < -0.3 is 10.2 Å². The van der Waals surface area contributed by atoms with Crippen LogP contribution in [0.15, 0.2) is 47.5 Å². The van der Waals surface area contributed by atoms with E-state index in [1.807, 2.05) is 13.0 Å². The van der Waals surface area contributed by atoms with Crippen LogP contribution in [-0.4, -0.2) is 48.0 Å². The number of pyridine rings is 1. The molecule has 1 aromatic heterocycles. The van der Waals surface area contributed by atoms with Crippen molar-refractivity contribution in [1.82, 2.24) is 9.88 Å². The molecule has 0 radical (unpaired) electrons. The molecule has 9 heteroatoms. The van der Waals surface area contributed by atoms with E-state index in [9.17, 15) is 18.0 Å². The summed E-state index contributed by atoms with van der Waals surface area (Å²) in [5.74, 6) is -0.204. The molecular weight excluding hydrogens is 462 g/mol. The summed E-state index contributed by atoms with van der Waals surface area (Å²) in [6.07, 6.45) is 4.69. The van der Waals surface area contributed by atoms with Gasteiger partial charge in [0.25, 0.3) is 0 Å². The fraction of sp³-hybridized carbons (Fsp3) is 0.458. The molecular formula is C24H28ClN3O4S. The number of hydrogen-bond acceptors (Lipinski definition) is 5. The highest BCUT2D eigenvalue weighted by Crippen LogP contribution is 2.42. The number of hydrogen-bond donors (Lipinski definition) is 1. The predicted octanol–water partition coefficient (Wildman–Crippen LogP) is 4.01. The Bertz CT molecular complexity index is 1120. The molecule has 0 atom stereocenters. The molecule has 33 heavy (non-hydrogen) atoms. The first kappa shape index (κ1) is 23.7. The van der Waals surface area contributed by atoms with E-state index in [2.05, 4.69) is 10.3 Å². The van der Waals surface area contributed by atoms with E-state index in [0.717, 1.165) is 5.56 Å². The molecule has 1 saturated carbocycles. The van der Waals surface area contributed by atoms with Crippen molar-refractivity contribution in [3.8, 4) is 0 Å². The van der Waals surface area contributed by atoms with E-state index in [1.165, 1.54) is 24.3 Å². The quantitative estimate of drug-likeness (QED) is 0.684. The first-order valence-corrected chi connectivity index (χ1v) is 13.1. The molecule has 176 valence electrons. The third-order valence-corrected chi connectivity index (χ3v) is 9.51. The lowest BCUT2D eigenvalue weighted by Crippen LogP contribution is -2.54. The molecule has 2 aromatic rings. The van der Waals surface area contributed by atoms with E-state index < -0.39 is 14.6 Å². The number of halogens is 1. The zero-order valence-corrected chi connectivity index (χ0v) is 20.2. The Morgan fingerprint density at radius 2 is 1.70 bits per heavy atom. The van der Waals surface area contributed by atoms with E-state index in [4.69, 9.17) is 11.6 Å². The number of nitrogens with zero attached hydrogens (tertiary/aromatic N) is 2. The lowest BCUT2D eigenvalue weighted by Gasteiger charge is -2.37. The number of aryl methyl sites for hydroxylation is 1. The second-order valence-electron chi connectivity index (χ2n) is 8.94. The fourth-order valence-electron chi connectivity index (χ4n) is 4.79. The van der Waals surface area contributed by atoms with Crippen LogP contribution >= 0.6 is 11.6 Å². The van der Waals surface area contributed by atoms with Gasteiger partial charge in [-0.2, -0.15) is 0 Å². The third-order valence-electron chi connectivity index (χ3n) is 6.75. The zero-order chi connectivity index (χ0) is 23.6. The zero-order valence-electron chi connectivity index (χ0n) is 18.6. The average molecular weight is 490 g/mol. The molecule has 2 aliphatic rings. The largest absolute Gasteiger partial charge is 0.341 e. The standard InChI is InChI=1S/C24H28ClN3O4S/c1-17-4-9-21(26-16-17)27-22(29)18-10-14-28(15-11-18)23(30)24(12-2-3-13-24)33(31,32)20-7-5-19(25)6-8-20/h4-9,16,18H,2-3,10-15H2,1H3,(H,26,27,29). The van der Waals surface area contributed by atoms with Crippen molar-refractivity contribution < 1.29 is 18.0 Å². The van der Waals surface area contributed by atoms with Crippen LogP contribution in [-0.2, 0) is 19.4 Å². The summed E-state index contributed by atoms with van der Waals surface area (Å²) in [5.41, 5.74) is 1.01. The van der Waals surface area contributed by atoms with E-state index in [0.29, 0.717) is 62.5 Å². The normalized spacial score (nSPS) is 18.8. The molecule has 1 N–H and O–H groups in total. The van der Waals surface area contributed by atoms with E-state index in [-0.39, 0.29) is 22.6 Å². The van der Waals surface area contributed by atoms with Crippen molar-refractivity contribution >= 4 is 39.1 Å². The second kappa shape index (κ2) is 9.43. The number of aromatic nitrogens is 1. The van der Waals surface area contributed by atoms with Gasteiger partial charge in [-0.1, -0.05) is 30.5 Å². The van der Waals surface area contributed by atoms with E-state index >= 15 is 0 Å². The van der Waals surface area contributed by atoms with Gasteiger partial charge in [-0.15, -0.1) is 0 Å². The number of carbonyl (C=O) groups excluding carboxylic acids is 2. The molecule has 0 unspecified atom stereocenters. The number of nitrogens with one attached hydrogen (secondary N) is 1. The van der Waals surface area contributed by atoms with Crippen LogP contribution in [0.3, 0.4) is 0 Å². The van der Waals surface area contributed by atoms with Crippen LogP contribution in [0.4, 0.5) is 5.82 Å². The highest BCUT2D eigenvalue weighted by Gasteiger charge is 2.54. The van der Waals surface area contributed by atoms with Crippen molar-refractivity contribution in [1.29, 1.82) is 0 Å². The highest BCUT2D eigenvalue weighted by atomic mass is 35.5. The maximum Gasteiger partial charge on any atom is 0.244 e. The molecule has 0 spiro atoms. The second-order valence-corrected chi connectivity index (χ2v) is 11.6. The fourth-order valence-corrected chi connectivity index (χ4v) is 7.04. The van der Waals surface area contributed by atoms with Crippen molar-refractivity contribution in [2.75, 3.05) is 18.4 Å². The van der Waals surface area contributed by atoms with Gasteiger partial charge in [0.05, 0.1) is 4.90 Å². The van der Waals surface area contributed by atoms with Gasteiger partial charge in [-0.25, -0.2) is 13.4 Å². The molecule has 2 fully saturated rings. The number of likely N-dealkylation sites (tertiary alicyclic amines) is 1. The van der Waals surface area contributed by atoms with Crippen LogP contribution in [0.1, 0.15) is 44.1 Å². The summed E-state index contributed by atoms with van der Waals surface area (Å²) < 4.78 is 25.7.